The maximum absolute atomic E-state index is 12.7. The summed E-state index contributed by atoms with van der Waals surface area (Å²) in [6.07, 6.45) is -4.66. The van der Waals surface area contributed by atoms with E-state index in [1.165, 1.54) is 0 Å². The van der Waals surface area contributed by atoms with Crippen molar-refractivity contribution in [1.29, 1.82) is 0 Å². The average molecular weight is 313 g/mol. The maximum Gasteiger partial charge on any atom is 0.416 e. The predicted molar refractivity (Wildman–Crippen MR) is 64.5 cm³/mol. The second-order valence-electron chi connectivity index (χ2n) is 4.11. The molecule has 0 amide bonds. The van der Waals surface area contributed by atoms with Gasteiger partial charge in [0.2, 0.25) is 10.0 Å². The molecule has 1 aromatic rings. The third-order valence-electron chi connectivity index (χ3n) is 2.64. The van der Waals surface area contributed by atoms with Crippen molar-refractivity contribution in [2.45, 2.75) is 24.0 Å². The molecule has 0 aromatic heterocycles. The van der Waals surface area contributed by atoms with Crippen molar-refractivity contribution in [3.63, 3.8) is 0 Å². The Balaban J connectivity index is 3.27. The molecule has 0 spiro atoms. The predicted octanol–water partition coefficient (Wildman–Crippen LogP) is 0.645. The number of benzene rings is 1. The zero-order valence-electron chi connectivity index (χ0n) is 10.5. The lowest BCUT2D eigenvalue weighted by molar-refractivity contribution is -0.138. The minimum Gasteiger partial charge on any atom is -0.395 e. The first-order valence-electron chi connectivity index (χ1n) is 5.54. The number of rotatable bonds is 5. The summed E-state index contributed by atoms with van der Waals surface area (Å²) >= 11 is 0. The Kier molecular flexibility index (Phi) is 5.14. The minimum atomic E-state index is -4.66. The Morgan fingerprint density at radius 3 is 2.25 bits per heavy atom. The molecule has 1 aromatic carbocycles. The topological polar surface area (TPSA) is 86.6 Å². The number of aliphatic hydroxyl groups excluding tert-OH is 2. The summed E-state index contributed by atoms with van der Waals surface area (Å²) in [5, 5.41) is 17.6. The normalized spacial score (nSPS) is 12.9. The van der Waals surface area contributed by atoms with Gasteiger partial charge in [0.05, 0.1) is 29.7 Å². The van der Waals surface area contributed by atoms with E-state index < -0.39 is 51.5 Å². The number of halogens is 3. The summed E-state index contributed by atoms with van der Waals surface area (Å²) in [5.41, 5.74) is -1.49. The van der Waals surface area contributed by atoms with E-state index in [0.29, 0.717) is 0 Å². The Bertz CT molecular complexity index is 568. The molecule has 0 bridgehead atoms. The van der Waals surface area contributed by atoms with Gasteiger partial charge in [-0.15, -0.1) is 0 Å². The molecule has 0 unspecified atom stereocenters. The van der Waals surface area contributed by atoms with Gasteiger partial charge < -0.3 is 10.2 Å². The highest BCUT2D eigenvalue weighted by atomic mass is 32.2. The number of alkyl halides is 3. The van der Waals surface area contributed by atoms with Crippen LogP contribution in [-0.4, -0.2) is 37.9 Å². The van der Waals surface area contributed by atoms with Crippen LogP contribution in [0.4, 0.5) is 13.2 Å². The third kappa shape index (κ3) is 3.69. The van der Waals surface area contributed by atoms with E-state index >= 15 is 0 Å². The Morgan fingerprint density at radius 1 is 1.25 bits per heavy atom. The summed E-state index contributed by atoms with van der Waals surface area (Å²) < 4.78 is 64.0. The molecule has 3 N–H and O–H groups in total. The zero-order chi connectivity index (χ0) is 15.6. The second-order valence-corrected chi connectivity index (χ2v) is 5.79. The molecule has 0 saturated carbocycles. The van der Waals surface area contributed by atoms with Crippen LogP contribution in [0.25, 0.3) is 0 Å². The molecule has 0 radical (unpaired) electrons. The van der Waals surface area contributed by atoms with Gasteiger partial charge in [-0.05, 0) is 24.6 Å². The number of nitrogens with one attached hydrogen (secondary N) is 1. The maximum atomic E-state index is 12.7. The lowest BCUT2D eigenvalue weighted by Gasteiger charge is -2.17. The highest BCUT2D eigenvalue weighted by molar-refractivity contribution is 7.89. The van der Waals surface area contributed by atoms with Gasteiger partial charge in [0.25, 0.3) is 0 Å². The molecule has 0 saturated heterocycles. The van der Waals surface area contributed by atoms with Gasteiger partial charge in [0.15, 0.2) is 0 Å². The van der Waals surface area contributed by atoms with Crippen molar-refractivity contribution < 1.29 is 31.8 Å². The van der Waals surface area contributed by atoms with Crippen molar-refractivity contribution in [2.75, 3.05) is 13.2 Å². The Hall–Kier alpha value is -1.16. The van der Waals surface area contributed by atoms with Crippen LogP contribution in [0.15, 0.2) is 23.1 Å². The summed E-state index contributed by atoms with van der Waals surface area (Å²) in [7, 11) is -4.27. The molecular formula is C11H14F3NO4S. The van der Waals surface area contributed by atoms with Crippen molar-refractivity contribution in [1.82, 2.24) is 4.72 Å². The number of aliphatic hydroxyl groups is 2. The standard InChI is InChI=1S/C11H14F3NO4S/c1-7-9(11(12,13)14)3-2-4-10(7)20(18,19)15-8(5-16)6-17/h2-4,8,15-17H,5-6H2,1H3. The lowest BCUT2D eigenvalue weighted by atomic mass is 10.1. The van der Waals surface area contributed by atoms with Crippen LogP contribution in [0.5, 0.6) is 0 Å². The summed E-state index contributed by atoms with van der Waals surface area (Å²) in [4.78, 5) is -0.542. The monoisotopic (exact) mass is 313 g/mol. The molecule has 20 heavy (non-hydrogen) atoms. The molecule has 0 atom stereocenters. The van der Waals surface area contributed by atoms with E-state index in [4.69, 9.17) is 10.2 Å². The zero-order valence-corrected chi connectivity index (χ0v) is 11.3. The van der Waals surface area contributed by atoms with E-state index in [-0.39, 0.29) is 0 Å². The molecule has 0 aliphatic carbocycles. The molecule has 5 nitrogen and oxygen atoms in total. The van der Waals surface area contributed by atoms with E-state index in [1.54, 1.807) is 0 Å². The minimum absolute atomic E-state index is 0.442. The fraction of sp³-hybridized carbons (Fsp3) is 0.455. The number of hydrogen-bond acceptors (Lipinski definition) is 4. The van der Waals surface area contributed by atoms with Gasteiger partial charge in [-0.2, -0.15) is 13.2 Å². The highest BCUT2D eigenvalue weighted by Gasteiger charge is 2.34. The molecule has 0 aliphatic heterocycles. The van der Waals surface area contributed by atoms with Crippen molar-refractivity contribution in [3.05, 3.63) is 29.3 Å². The molecule has 0 heterocycles. The first kappa shape index (κ1) is 16.9. The van der Waals surface area contributed by atoms with Crippen LogP contribution >= 0.6 is 0 Å². The molecule has 9 heteroatoms. The second kappa shape index (κ2) is 6.08. The Morgan fingerprint density at radius 2 is 1.80 bits per heavy atom. The Labute approximate surface area is 114 Å². The van der Waals surface area contributed by atoms with E-state index in [9.17, 15) is 21.6 Å². The van der Waals surface area contributed by atoms with Crippen LogP contribution in [0.3, 0.4) is 0 Å². The molecule has 1 rings (SSSR count). The van der Waals surface area contributed by atoms with E-state index in [2.05, 4.69) is 0 Å². The SMILES string of the molecule is Cc1c(C(F)(F)F)cccc1S(=O)(=O)NC(CO)CO. The third-order valence-corrected chi connectivity index (χ3v) is 4.31. The molecule has 0 aliphatic rings. The average Bonchev–Trinajstić information content (AvgIpc) is 2.34. The summed E-state index contributed by atoms with van der Waals surface area (Å²) in [6, 6.07) is 1.62. The molecule has 0 fully saturated rings. The molecule has 114 valence electrons. The van der Waals surface area contributed by atoms with E-state index in [0.717, 1.165) is 25.1 Å². The van der Waals surface area contributed by atoms with Crippen LogP contribution in [0.1, 0.15) is 11.1 Å². The smallest absolute Gasteiger partial charge is 0.395 e. The largest absolute Gasteiger partial charge is 0.416 e. The van der Waals surface area contributed by atoms with Crippen molar-refractivity contribution >= 4 is 10.0 Å². The van der Waals surface area contributed by atoms with Crippen LogP contribution in [-0.2, 0) is 16.2 Å². The first-order valence-corrected chi connectivity index (χ1v) is 7.02. The fourth-order valence-corrected chi connectivity index (χ4v) is 3.11. The number of sulfonamides is 1. The van der Waals surface area contributed by atoms with Crippen molar-refractivity contribution in [2.24, 2.45) is 0 Å². The van der Waals surface area contributed by atoms with Gasteiger partial charge >= 0.3 is 6.18 Å². The number of hydrogen-bond donors (Lipinski definition) is 3. The van der Waals surface area contributed by atoms with Crippen LogP contribution in [0, 0.1) is 6.92 Å². The van der Waals surface area contributed by atoms with Gasteiger partial charge in [-0.1, -0.05) is 6.07 Å². The van der Waals surface area contributed by atoms with Crippen LogP contribution < -0.4 is 4.72 Å². The van der Waals surface area contributed by atoms with Crippen molar-refractivity contribution in [3.8, 4) is 0 Å². The van der Waals surface area contributed by atoms with Gasteiger partial charge in [-0.3, -0.25) is 0 Å². The van der Waals surface area contributed by atoms with Gasteiger partial charge in [-0.25, -0.2) is 13.1 Å². The quantitative estimate of drug-likeness (QED) is 0.745. The van der Waals surface area contributed by atoms with E-state index in [1.807, 2.05) is 4.72 Å². The molecular weight excluding hydrogens is 299 g/mol. The van der Waals surface area contributed by atoms with Crippen LogP contribution in [0.2, 0.25) is 0 Å². The fourth-order valence-electron chi connectivity index (χ4n) is 1.63. The highest BCUT2D eigenvalue weighted by Crippen LogP contribution is 2.34. The first-order chi connectivity index (χ1) is 9.13. The lowest BCUT2D eigenvalue weighted by Crippen LogP contribution is -2.40. The van der Waals surface area contributed by atoms with Gasteiger partial charge in [0, 0.05) is 0 Å². The van der Waals surface area contributed by atoms with Gasteiger partial charge in [0.1, 0.15) is 0 Å². The summed E-state index contributed by atoms with van der Waals surface area (Å²) in [5.74, 6) is 0. The summed E-state index contributed by atoms with van der Waals surface area (Å²) in [6.45, 7) is -0.300.